The molecule has 0 aliphatic heterocycles. The molecule has 0 aliphatic carbocycles. The molecule has 0 saturated heterocycles. The first-order chi connectivity index (χ1) is 7.88. The number of rotatable bonds is 4. The summed E-state index contributed by atoms with van der Waals surface area (Å²) in [7, 11) is 0. The van der Waals surface area contributed by atoms with Gasteiger partial charge in [0.2, 0.25) is 0 Å². The molecule has 0 radical (unpaired) electrons. The van der Waals surface area contributed by atoms with Crippen molar-refractivity contribution in [3.05, 3.63) is 39.2 Å². The van der Waals surface area contributed by atoms with Gasteiger partial charge in [0, 0.05) is 17.7 Å². The van der Waals surface area contributed by atoms with Crippen molar-refractivity contribution >= 4 is 17.9 Å². The molecule has 1 rings (SSSR count). The van der Waals surface area contributed by atoms with Crippen LogP contribution in [0.2, 0.25) is 0 Å². The van der Waals surface area contributed by atoms with E-state index in [-0.39, 0.29) is 6.29 Å². The Morgan fingerprint density at radius 3 is 2.53 bits per heavy atom. The monoisotopic (exact) mass is 243 g/mol. The smallest absolute Gasteiger partial charge is 0.337 e. The maximum Gasteiger partial charge on any atom is 0.337 e. The van der Waals surface area contributed by atoms with Crippen LogP contribution in [0.25, 0.3) is 0 Å². The first-order valence-electron chi connectivity index (χ1n) is 4.22. The maximum atomic E-state index is 13.4. The Hall–Kier alpha value is -2.35. The molecule has 0 spiro atoms. The van der Waals surface area contributed by atoms with Crippen molar-refractivity contribution in [1.29, 1.82) is 0 Å². The van der Waals surface area contributed by atoms with E-state index in [1.54, 1.807) is 0 Å². The van der Waals surface area contributed by atoms with Crippen LogP contribution in [-0.4, -0.2) is 27.4 Å². The van der Waals surface area contributed by atoms with Crippen LogP contribution in [0.1, 0.15) is 22.0 Å². The van der Waals surface area contributed by atoms with Gasteiger partial charge >= 0.3 is 5.97 Å². The molecular weight excluding hydrogens is 237 g/mol. The van der Waals surface area contributed by atoms with E-state index in [1.165, 1.54) is 0 Å². The standard InChI is InChI=1S/C9H6FNO6/c10-7-4(3-12)1-5(11(16)17)2-6(7)8(13)9(14)15/h1-3,8,13H,(H,14,15). The second kappa shape index (κ2) is 4.66. The highest BCUT2D eigenvalue weighted by Crippen LogP contribution is 2.25. The second-order valence-electron chi connectivity index (χ2n) is 3.05. The van der Waals surface area contributed by atoms with Gasteiger partial charge in [-0.2, -0.15) is 0 Å². The molecule has 0 aromatic heterocycles. The van der Waals surface area contributed by atoms with Gasteiger partial charge in [0.1, 0.15) is 5.82 Å². The molecule has 0 bridgehead atoms. The second-order valence-corrected chi connectivity index (χ2v) is 3.05. The van der Waals surface area contributed by atoms with Gasteiger partial charge in [0.15, 0.2) is 12.4 Å². The molecule has 7 nitrogen and oxygen atoms in total. The van der Waals surface area contributed by atoms with Crippen LogP contribution in [0.4, 0.5) is 10.1 Å². The summed E-state index contributed by atoms with van der Waals surface area (Å²) < 4.78 is 13.4. The molecule has 1 aromatic carbocycles. The van der Waals surface area contributed by atoms with E-state index >= 15 is 0 Å². The fraction of sp³-hybridized carbons (Fsp3) is 0.111. The number of carboxylic acid groups (broad SMARTS) is 1. The van der Waals surface area contributed by atoms with Gasteiger partial charge in [-0.05, 0) is 0 Å². The van der Waals surface area contributed by atoms with Gasteiger partial charge in [0.25, 0.3) is 5.69 Å². The molecule has 90 valence electrons. The molecule has 1 aromatic rings. The largest absolute Gasteiger partial charge is 0.479 e. The lowest BCUT2D eigenvalue weighted by atomic mass is 10.0. The van der Waals surface area contributed by atoms with Crippen LogP contribution >= 0.6 is 0 Å². The van der Waals surface area contributed by atoms with Gasteiger partial charge in [0.05, 0.1) is 10.5 Å². The average molecular weight is 243 g/mol. The number of carboxylic acids is 1. The van der Waals surface area contributed by atoms with E-state index in [0.717, 1.165) is 0 Å². The zero-order valence-electron chi connectivity index (χ0n) is 8.16. The molecule has 0 amide bonds. The number of carbonyl (C=O) groups excluding carboxylic acids is 1. The minimum Gasteiger partial charge on any atom is -0.479 e. The lowest BCUT2D eigenvalue weighted by Crippen LogP contribution is -2.13. The number of aliphatic hydroxyl groups excluding tert-OH is 1. The predicted molar refractivity (Wildman–Crippen MR) is 51.0 cm³/mol. The van der Waals surface area contributed by atoms with E-state index in [0.29, 0.717) is 12.1 Å². The number of nitro benzene ring substituents is 1. The Bertz CT molecular complexity index is 501. The molecule has 8 heteroatoms. The number of aldehydes is 1. The van der Waals surface area contributed by atoms with Crippen LogP contribution in [0, 0.1) is 15.9 Å². The number of nitrogens with zero attached hydrogens (tertiary/aromatic N) is 1. The lowest BCUT2D eigenvalue weighted by molar-refractivity contribution is -0.385. The first kappa shape index (κ1) is 12.7. The summed E-state index contributed by atoms with van der Waals surface area (Å²) in [6.07, 6.45) is -2.27. The first-order valence-corrected chi connectivity index (χ1v) is 4.22. The van der Waals surface area contributed by atoms with E-state index in [2.05, 4.69) is 0 Å². The van der Waals surface area contributed by atoms with Crippen molar-refractivity contribution < 1.29 is 29.1 Å². The summed E-state index contributed by atoms with van der Waals surface area (Å²) in [5.41, 5.74) is -2.19. The van der Waals surface area contributed by atoms with Crippen LogP contribution in [-0.2, 0) is 4.79 Å². The SMILES string of the molecule is O=Cc1cc([N+](=O)[O-])cc(C(O)C(=O)O)c1F. The quantitative estimate of drug-likeness (QED) is 0.455. The number of carbonyl (C=O) groups is 2. The van der Waals surface area contributed by atoms with E-state index in [4.69, 9.17) is 10.2 Å². The fourth-order valence-electron chi connectivity index (χ4n) is 1.18. The zero-order chi connectivity index (χ0) is 13.2. The molecule has 0 fully saturated rings. The van der Waals surface area contributed by atoms with Gasteiger partial charge in [-0.25, -0.2) is 9.18 Å². The third-order valence-electron chi connectivity index (χ3n) is 1.98. The summed E-state index contributed by atoms with van der Waals surface area (Å²) in [4.78, 5) is 30.5. The van der Waals surface area contributed by atoms with Crippen molar-refractivity contribution in [1.82, 2.24) is 0 Å². The van der Waals surface area contributed by atoms with E-state index in [1.807, 2.05) is 0 Å². The number of hydrogen-bond acceptors (Lipinski definition) is 5. The Balaban J connectivity index is 3.47. The van der Waals surface area contributed by atoms with Crippen molar-refractivity contribution in [3.8, 4) is 0 Å². The van der Waals surface area contributed by atoms with E-state index < -0.39 is 39.6 Å². The highest BCUT2D eigenvalue weighted by Gasteiger charge is 2.25. The predicted octanol–water partition coefficient (Wildman–Crippen LogP) is 0.664. The molecule has 0 saturated carbocycles. The molecule has 1 unspecified atom stereocenters. The number of nitro groups is 1. The topological polar surface area (TPSA) is 118 Å². The minimum atomic E-state index is -2.27. The summed E-state index contributed by atoms with van der Waals surface area (Å²) in [6, 6.07) is 1.22. The summed E-state index contributed by atoms with van der Waals surface area (Å²) in [6.45, 7) is 0. The Kier molecular flexibility index (Phi) is 3.49. The Morgan fingerprint density at radius 2 is 2.12 bits per heavy atom. The summed E-state index contributed by atoms with van der Waals surface area (Å²) in [5.74, 6) is -3.07. The van der Waals surface area contributed by atoms with Crippen LogP contribution < -0.4 is 0 Å². The van der Waals surface area contributed by atoms with Gasteiger partial charge in [-0.1, -0.05) is 0 Å². The number of benzene rings is 1. The third kappa shape index (κ3) is 2.42. The lowest BCUT2D eigenvalue weighted by Gasteiger charge is -2.08. The van der Waals surface area contributed by atoms with Gasteiger partial charge in [-0.3, -0.25) is 14.9 Å². The Labute approximate surface area is 93.3 Å². The highest BCUT2D eigenvalue weighted by molar-refractivity contribution is 5.80. The van der Waals surface area contributed by atoms with Crippen molar-refractivity contribution in [3.63, 3.8) is 0 Å². The average Bonchev–Trinajstić information content (AvgIpc) is 2.27. The highest BCUT2D eigenvalue weighted by atomic mass is 19.1. The molecule has 2 N–H and O–H groups in total. The van der Waals surface area contributed by atoms with Gasteiger partial charge < -0.3 is 10.2 Å². The maximum absolute atomic E-state index is 13.4. The van der Waals surface area contributed by atoms with Crippen LogP contribution in [0.3, 0.4) is 0 Å². The molecule has 1 atom stereocenters. The number of aliphatic carboxylic acids is 1. The van der Waals surface area contributed by atoms with E-state index in [9.17, 15) is 24.1 Å². The minimum absolute atomic E-state index is 0.000401. The number of non-ortho nitro benzene ring substituents is 1. The molecule has 0 heterocycles. The van der Waals surface area contributed by atoms with Crippen molar-refractivity contribution in [2.75, 3.05) is 0 Å². The van der Waals surface area contributed by atoms with Crippen molar-refractivity contribution in [2.45, 2.75) is 6.10 Å². The Morgan fingerprint density at radius 1 is 1.53 bits per heavy atom. The van der Waals surface area contributed by atoms with Gasteiger partial charge in [-0.15, -0.1) is 0 Å². The number of halogens is 1. The van der Waals surface area contributed by atoms with Crippen LogP contribution in [0.5, 0.6) is 0 Å². The third-order valence-corrected chi connectivity index (χ3v) is 1.98. The zero-order valence-corrected chi connectivity index (χ0v) is 8.16. The fourth-order valence-corrected chi connectivity index (χ4v) is 1.18. The molecule has 0 aliphatic rings. The number of hydrogen-bond donors (Lipinski definition) is 2. The number of aliphatic hydroxyl groups is 1. The normalized spacial score (nSPS) is 11.9. The van der Waals surface area contributed by atoms with Crippen LogP contribution in [0.15, 0.2) is 12.1 Å². The summed E-state index contributed by atoms with van der Waals surface area (Å²) in [5, 5.41) is 28.1. The van der Waals surface area contributed by atoms with Crippen molar-refractivity contribution in [2.24, 2.45) is 0 Å². The molecular formula is C9H6FNO6. The molecule has 17 heavy (non-hydrogen) atoms. The summed E-state index contributed by atoms with van der Waals surface area (Å²) >= 11 is 0.